The van der Waals surface area contributed by atoms with Gasteiger partial charge in [-0.3, -0.25) is 9.59 Å². The summed E-state index contributed by atoms with van der Waals surface area (Å²) in [4.78, 5) is 31.2. The first-order chi connectivity index (χ1) is 9.66. The highest BCUT2D eigenvalue weighted by atomic mass is 16.4. The zero-order chi connectivity index (χ0) is 14.1. The molecule has 1 aromatic rings. The van der Waals surface area contributed by atoms with E-state index in [1.807, 2.05) is 18.2 Å². The van der Waals surface area contributed by atoms with E-state index in [1.165, 1.54) is 0 Å². The highest BCUT2D eigenvalue weighted by molar-refractivity contribution is 5.89. The van der Waals surface area contributed by atoms with Crippen molar-refractivity contribution in [2.24, 2.45) is 11.8 Å². The van der Waals surface area contributed by atoms with Gasteiger partial charge in [-0.05, 0) is 18.6 Å². The van der Waals surface area contributed by atoms with Crippen molar-refractivity contribution in [3.8, 4) is 0 Å². The lowest BCUT2D eigenvalue weighted by Gasteiger charge is -2.35. The lowest BCUT2D eigenvalue weighted by atomic mass is 10.2. The van der Waals surface area contributed by atoms with E-state index in [2.05, 4.69) is 9.88 Å². The monoisotopic (exact) mass is 275 g/mol. The standard InChI is InChI=1S/C14H17N3O3/c18-13(10-9-11(10)14(19)20)17-7-5-16(6-8-17)12-3-1-2-4-15-12/h1-4,10-11H,5-9H2,(H,19,20)/t10-,11+/m1/s1. The number of rotatable bonds is 3. The number of aliphatic carboxylic acids is 1. The number of anilines is 1. The third-order valence-corrected chi connectivity index (χ3v) is 3.99. The Labute approximate surface area is 117 Å². The molecule has 2 atom stereocenters. The van der Waals surface area contributed by atoms with Crippen LogP contribution in [0, 0.1) is 11.8 Å². The summed E-state index contributed by atoms with van der Waals surface area (Å²) in [5.41, 5.74) is 0. The number of carboxylic acids is 1. The second-order valence-corrected chi connectivity index (χ2v) is 5.29. The number of carbonyl (C=O) groups excluding carboxylic acids is 1. The van der Waals surface area contributed by atoms with Crippen molar-refractivity contribution >= 4 is 17.7 Å². The van der Waals surface area contributed by atoms with Crippen molar-refractivity contribution in [2.45, 2.75) is 6.42 Å². The van der Waals surface area contributed by atoms with Crippen LogP contribution < -0.4 is 4.90 Å². The number of amides is 1. The summed E-state index contributed by atoms with van der Waals surface area (Å²) in [5.74, 6) is -0.687. The molecule has 20 heavy (non-hydrogen) atoms. The molecule has 1 aliphatic heterocycles. The Morgan fingerprint density at radius 2 is 1.90 bits per heavy atom. The molecule has 0 bridgehead atoms. The number of pyridine rings is 1. The van der Waals surface area contributed by atoms with Crippen molar-refractivity contribution in [2.75, 3.05) is 31.1 Å². The Morgan fingerprint density at radius 1 is 1.15 bits per heavy atom. The number of hydrogen-bond acceptors (Lipinski definition) is 4. The van der Waals surface area contributed by atoms with Crippen LogP contribution in [0.5, 0.6) is 0 Å². The van der Waals surface area contributed by atoms with E-state index in [1.54, 1.807) is 11.1 Å². The molecule has 106 valence electrons. The third-order valence-electron chi connectivity index (χ3n) is 3.99. The third kappa shape index (κ3) is 2.45. The van der Waals surface area contributed by atoms with Gasteiger partial charge < -0.3 is 14.9 Å². The van der Waals surface area contributed by atoms with Crippen molar-refractivity contribution in [3.63, 3.8) is 0 Å². The predicted molar refractivity (Wildman–Crippen MR) is 72.3 cm³/mol. The van der Waals surface area contributed by atoms with Crippen LogP contribution >= 0.6 is 0 Å². The molecule has 1 aliphatic carbocycles. The van der Waals surface area contributed by atoms with Gasteiger partial charge in [0, 0.05) is 32.4 Å². The van der Waals surface area contributed by atoms with Gasteiger partial charge in [0.2, 0.25) is 5.91 Å². The molecule has 1 amide bonds. The van der Waals surface area contributed by atoms with E-state index in [9.17, 15) is 9.59 Å². The molecule has 1 saturated carbocycles. The molecule has 0 unspecified atom stereocenters. The predicted octanol–water partition coefficient (Wildman–Crippen LogP) is 0.451. The largest absolute Gasteiger partial charge is 0.481 e. The Bertz CT molecular complexity index is 512. The second-order valence-electron chi connectivity index (χ2n) is 5.29. The summed E-state index contributed by atoms with van der Waals surface area (Å²) >= 11 is 0. The lowest BCUT2D eigenvalue weighted by molar-refractivity contribution is -0.142. The SMILES string of the molecule is O=C(O)[C@H]1C[C@H]1C(=O)N1CCN(c2ccccn2)CC1. The number of carbonyl (C=O) groups is 2. The van der Waals surface area contributed by atoms with Crippen molar-refractivity contribution in [1.29, 1.82) is 0 Å². The van der Waals surface area contributed by atoms with Gasteiger partial charge in [0.15, 0.2) is 0 Å². The van der Waals surface area contributed by atoms with Crippen LogP contribution in [-0.4, -0.2) is 53.0 Å². The van der Waals surface area contributed by atoms with Crippen LogP contribution in [0.1, 0.15) is 6.42 Å². The summed E-state index contributed by atoms with van der Waals surface area (Å²) in [6.07, 6.45) is 2.25. The van der Waals surface area contributed by atoms with E-state index in [4.69, 9.17) is 5.11 Å². The Morgan fingerprint density at radius 3 is 2.45 bits per heavy atom. The van der Waals surface area contributed by atoms with Crippen molar-refractivity contribution in [3.05, 3.63) is 24.4 Å². The number of carboxylic acid groups (broad SMARTS) is 1. The topological polar surface area (TPSA) is 73.7 Å². The minimum Gasteiger partial charge on any atom is -0.481 e. The van der Waals surface area contributed by atoms with Crippen LogP contribution in [0.25, 0.3) is 0 Å². The maximum atomic E-state index is 12.1. The zero-order valence-corrected chi connectivity index (χ0v) is 11.1. The van der Waals surface area contributed by atoms with Gasteiger partial charge in [0.05, 0.1) is 11.8 Å². The van der Waals surface area contributed by atoms with Gasteiger partial charge >= 0.3 is 5.97 Å². The number of aromatic nitrogens is 1. The van der Waals surface area contributed by atoms with Crippen LogP contribution in [0.3, 0.4) is 0 Å². The molecule has 2 fully saturated rings. The Balaban J connectivity index is 1.54. The average Bonchev–Trinajstić information content (AvgIpc) is 3.28. The fourth-order valence-corrected chi connectivity index (χ4v) is 2.67. The smallest absolute Gasteiger partial charge is 0.307 e. The number of hydrogen-bond donors (Lipinski definition) is 1. The van der Waals surface area contributed by atoms with Gasteiger partial charge in [0.1, 0.15) is 5.82 Å². The van der Waals surface area contributed by atoms with Gasteiger partial charge in [-0.2, -0.15) is 0 Å². The van der Waals surface area contributed by atoms with E-state index < -0.39 is 11.9 Å². The van der Waals surface area contributed by atoms with E-state index in [0.717, 1.165) is 18.9 Å². The summed E-state index contributed by atoms with van der Waals surface area (Å²) in [6, 6.07) is 5.78. The van der Waals surface area contributed by atoms with Crippen molar-refractivity contribution < 1.29 is 14.7 Å². The first-order valence-corrected chi connectivity index (χ1v) is 6.84. The molecule has 1 saturated heterocycles. The fourth-order valence-electron chi connectivity index (χ4n) is 2.67. The molecular weight excluding hydrogens is 258 g/mol. The molecule has 2 heterocycles. The van der Waals surface area contributed by atoms with Gasteiger partial charge in [-0.25, -0.2) is 4.98 Å². The molecule has 1 N–H and O–H groups in total. The van der Waals surface area contributed by atoms with Gasteiger partial charge in [0.25, 0.3) is 0 Å². The van der Waals surface area contributed by atoms with Crippen molar-refractivity contribution in [1.82, 2.24) is 9.88 Å². The molecule has 3 rings (SSSR count). The maximum absolute atomic E-state index is 12.1. The maximum Gasteiger partial charge on any atom is 0.307 e. The average molecular weight is 275 g/mol. The first-order valence-electron chi connectivity index (χ1n) is 6.84. The minimum atomic E-state index is -0.851. The fraction of sp³-hybridized carbons (Fsp3) is 0.500. The van der Waals surface area contributed by atoms with Crippen LogP contribution in [-0.2, 0) is 9.59 Å². The molecule has 1 aromatic heterocycles. The Hall–Kier alpha value is -2.11. The zero-order valence-electron chi connectivity index (χ0n) is 11.1. The molecule has 0 radical (unpaired) electrons. The van der Waals surface area contributed by atoms with Crippen LogP contribution in [0.2, 0.25) is 0 Å². The molecule has 2 aliphatic rings. The second kappa shape index (κ2) is 5.11. The van der Waals surface area contributed by atoms with E-state index in [0.29, 0.717) is 19.5 Å². The van der Waals surface area contributed by atoms with E-state index in [-0.39, 0.29) is 11.8 Å². The van der Waals surface area contributed by atoms with Crippen LogP contribution in [0.4, 0.5) is 5.82 Å². The normalized spacial score (nSPS) is 25.4. The van der Waals surface area contributed by atoms with Gasteiger partial charge in [-0.1, -0.05) is 6.07 Å². The molecular formula is C14H17N3O3. The number of piperazine rings is 1. The summed E-state index contributed by atoms with van der Waals surface area (Å²) in [6.45, 7) is 2.76. The summed E-state index contributed by atoms with van der Waals surface area (Å²) in [5, 5.41) is 8.87. The quantitative estimate of drug-likeness (QED) is 0.867. The van der Waals surface area contributed by atoms with Crippen LogP contribution in [0.15, 0.2) is 24.4 Å². The summed E-state index contributed by atoms with van der Waals surface area (Å²) in [7, 11) is 0. The molecule has 0 spiro atoms. The Kier molecular flexibility index (Phi) is 3.30. The highest BCUT2D eigenvalue weighted by Gasteiger charge is 2.50. The first kappa shape index (κ1) is 12.9. The molecule has 6 heteroatoms. The molecule has 6 nitrogen and oxygen atoms in total. The summed E-state index contributed by atoms with van der Waals surface area (Å²) < 4.78 is 0. The molecule has 0 aromatic carbocycles. The van der Waals surface area contributed by atoms with Gasteiger partial charge in [-0.15, -0.1) is 0 Å². The lowest BCUT2D eigenvalue weighted by Crippen LogP contribution is -2.49. The number of nitrogens with zero attached hydrogens (tertiary/aromatic N) is 3. The van der Waals surface area contributed by atoms with E-state index >= 15 is 0 Å². The highest BCUT2D eigenvalue weighted by Crippen LogP contribution is 2.40. The minimum absolute atomic E-state index is 0.00179.